The Balaban J connectivity index is 1.78. The number of carbonyl (C=O) groups excluding carboxylic acids is 1. The molecule has 0 bridgehead atoms. The molecule has 132 valence electrons. The second-order valence-electron chi connectivity index (χ2n) is 6.69. The fourth-order valence-corrected chi connectivity index (χ4v) is 3.55. The van der Waals surface area contributed by atoms with Crippen LogP contribution in [0.25, 0.3) is 0 Å². The SMILES string of the molecule is CCOc1ccc(C(C)=O)cc1CN1C[C@@H](N)[C@H](c2ccccc2)C1. The molecule has 0 aromatic heterocycles. The van der Waals surface area contributed by atoms with Crippen molar-refractivity contribution in [2.24, 2.45) is 5.73 Å². The molecule has 2 atom stereocenters. The van der Waals surface area contributed by atoms with Gasteiger partial charge in [0.15, 0.2) is 5.78 Å². The van der Waals surface area contributed by atoms with Crippen molar-refractivity contribution < 1.29 is 9.53 Å². The Morgan fingerprint density at radius 2 is 1.96 bits per heavy atom. The van der Waals surface area contributed by atoms with E-state index in [-0.39, 0.29) is 11.8 Å². The zero-order valence-corrected chi connectivity index (χ0v) is 14.9. The molecule has 4 nitrogen and oxygen atoms in total. The third-order valence-electron chi connectivity index (χ3n) is 4.83. The van der Waals surface area contributed by atoms with E-state index >= 15 is 0 Å². The van der Waals surface area contributed by atoms with Gasteiger partial charge in [-0.3, -0.25) is 9.69 Å². The number of nitrogens with two attached hydrogens (primary N) is 1. The van der Waals surface area contributed by atoms with Gasteiger partial charge in [-0.25, -0.2) is 0 Å². The first-order valence-electron chi connectivity index (χ1n) is 8.88. The molecule has 2 N–H and O–H groups in total. The molecule has 25 heavy (non-hydrogen) atoms. The van der Waals surface area contributed by atoms with Gasteiger partial charge in [-0.2, -0.15) is 0 Å². The van der Waals surface area contributed by atoms with Crippen LogP contribution in [-0.2, 0) is 6.54 Å². The van der Waals surface area contributed by atoms with Crippen LogP contribution in [-0.4, -0.2) is 36.4 Å². The Hall–Kier alpha value is -2.17. The minimum absolute atomic E-state index is 0.0737. The fraction of sp³-hybridized carbons (Fsp3) is 0.381. The second-order valence-corrected chi connectivity index (χ2v) is 6.69. The van der Waals surface area contributed by atoms with Gasteiger partial charge < -0.3 is 10.5 Å². The number of ketones is 1. The van der Waals surface area contributed by atoms with Gasteiger partial charge in [0.1, 0.15) is 5.75 Å². The summed E-state index contributed by atoms with van der Waals surface area (Å²) in [6.45, 7) is 6.68. The zero-order valence-electron chi connectivity index (χ0n) is 14.9. The van der Waals surface area contributed by atoms with E-state index in [1.54, 1.807) is 6.92 Å². The molecule has 1 fully saturated rings. The average molecular weight is 338 g/mol. The quantitative estimate of drug-likeness (QED) is 0.822. The summed E-state index contributed by atoms with van der Waals surface area (Å²) in [5.41, 5.74) is 9.47. The maximum Gasteiger partial charge on any atom is 0.159 e. The summed E-state index contributed by atoms with van der Waals surface area (Å²) in [5.74, 6) is 1.27. The van der Waals surface area contributed by atoms with Crippen LogP contribution in [0.2, 0.25) is 0 Å². The summed E-state index contributed by atoms with van der Waals surface area (Å²) >= 11 is 0. The van der Waals surface area contributed by atoms with E-state index < -0.39 is 0 Å². The molecule has 1 aliphatic rings. The molecule has 3 rings (SSSR count). The van der Waals surface area contributed by atoms with Gasteiger partial charge >= 0.3 is 0 Å². The average Bonchev–Trinajstić information content (AvgIpc) is 2.97. The van der Waals surface area contributed by atoms with Gasteiger partial charge in [0, 0.05) is 42.7 Å². The largest absolute Gasteiger partial charge is 0.494 e. The minimum atomic E-state index is 0.0737. The smallest absolute Gasteiger partial charge is 0.159 e. The number of ether oxygens (including phenoxy) is 1. The van der Waals surface area contributed by atoms with Crippen molar-refractivity contribution in [2.75, 3.05) is 19.7 Å². The highest BCUT2D eigenvalue weighted by Crippen LogP contribution is 2.29. The van der Waals surface area contributed by atoms with E-state index in [4.69, 9.17) is 10.5 Å². The summed E-state index contributed by atoms with van der Waals surface area (Å²) in [4.78, 5) is 14.1. The Bertz CT molecular complexity index is 730. The lowest BCUT2D eigenvalue weighted by Gasteiger charge is -2.19. The number of hydrogen-bond donors (Lipinski definition) is 1. The van der Waals surface area contributed by atoms with E-state index in [2.05, 4.69) is 29.2 Å². The third kappa shape index (κ3) is 4.09. The van der Waals surface area contributed by atoms with Crippen LogP contribution in [0.5, 0.6) is 5.75 Å². The first-order chi connectivity index (χ1) is 12.1. The molecule has 2 aromatic rings. The van der Waals surface area contributed by atoms with E-state index in [1.165, 1.54) is 5.56 Å². The first kappa shape index (κ1) is 17.6. The maximum absolute atomic E-state index is 11.7. The van der Waals surface area contributed by atoms with Crippen molar-refractivity contribution in [1.29, 1.82) is 0 Å². The van der Waals surface area contributed by atoms with E-state index in [0.717, 1.165) is 36.5 Å². The van der Waals surface area contributed by atoms with E-state index in [0.29, 0.717) is 12.5 Å². The molecule has 0 amide bonds. The predicted molar refractivity (Wildman–Crippen MR) is 100 cm³/mol. The molecule has 0 saturated carbocycles. The topological polar surface area (TPSA) is 55.6 Å². The van der Waals surface area contributed by atoms with Crippen LogP contribution < -0.4 is 10.5 Å². The van der Waals surface area contributed by atoms with Crippen molar-refractivity contribution in [3.05, 3.63) is 65.2 Å². The van der Waals surface area contributed by atoms with Gasteiger partial charge in [-0.05, 0) is 37.6 Å². The normalized spacial score (nSPS) is 20.6. The lowest BCUT2D eigenvalue weighted by atomic mass is 9.95. The number of rotatable bonds is 6. The van der Waals surface area contributed by atoms with Crippen molar-refractivity contribution in [1.82, 2.24) is 4.90 Å². The van der Waals surface area contributed by atoms with Gasteiger partial charge in [0.2, 0.25) is 0 Å². The molecule has 1 aliphatic heterocycles. The number of carbonyl (C=O) groups is 1. The number of hydrogen-bond acceptors (Lipinski definition) is 4. The summed E-state index contributed by atoms with van der Waals surface area (Å²) in [7, 11) is 0. The molecular weight excluding hydrogens is 312 g/mol. The third-order valence-corrected chi connectivity index (χ3v) is 4.83. The van der Waals surface area contributed by atoms with Gasteiger partial charge in [-0.15, -0.1) is 0 Å². The highest BCUT2D eigenvalue weighted by molar-refractivity contribution is 5.94. The van der Waals surface area contributed by atoms with Crippen molar-refractivity contribution >= 4 is 5.78 Å². The molecule has 0 aliphatic carbocycles. The van der Waals surface area contributed by atoms with Crippen LogP contribution in [0.15, 0.2) is 48.5 Å². The lowest BCUT2D eigenvalue weighted by Crippen LogP contribution is -2.28. The summed E-state index contributed by atoms with van der Waals surface area (Å²) < 4.78 is 5.75. The number of benzene rings is 2. The molecule has 1 heterocycles. The zero-order chi connectivity index (χ0) is 17.8. The number of Topliss-reactive ketones (excluding diaryl/α,β-unsaturated/α-hetero) is 1. The lowest BCUT2D eigenvalue weighted by molar-refractivity contribution is 0.101. The molecule has 4 heteroatoms. The Morgan fingerprint density at radius 1 is 1.20 bits per heavy atom. The van der Waals surface area contributed by atoms with Crippen molar-refractivity contribution in [2.45, 2.75) is 32.4 Å². The summed E-state index contributed by atoms with van der Waals surface area (Å²) in [5, 5.41) is 0. The minimum Gasteiger partial charge on any atom is -0.494 e. The summed E-state index contributed by atoms with van der Waals surface area (Å²) in [6, 6.07) is 16.3. The number of likely N-dealkylation sites (tertiary alicyclic amines) is 1. The molecule has 2 aromatic carbocycles. The van der Waals surface area contributed by atoms with Crippen LogP contribution in [0.4, 0.5) is 0 Å². The Labute approximate surface area is 149 Å². The van der Waals surface area contributed by atoms with E-state index in [1.807, 2.05) is 31.2 Å². The monoisotopic (exact) mass is 338 g/mol. The van der Waals surface area contributed by atoms with Crippen LogP contribution in [0.3, 0.4) is 0 Å². The standard InChI is InChI=1S/C21H26N2O2/c1-3-25-21-10-9-17(15(2)24)11-18(21)12-23-13-19(20(22)14-23)16-7-5-4-6-8-16/h4-11,19-20H,3,12-14,22H2,1-2H3/t19-,20+/m0/s1. The van der Waals surface area contributed by atoms with Gasteiger partial charge in [-0.1, -0.05) is 30.3 Å². The second kappa shape index (κ2) is 7.81. The van der Waals surface area contributed by atoms with Gasteiger partial charge in [0.25, 0.3) is 0 Å². The fourth-order valence-electron chi connectivity index (χ4n) is 3.55. The molecule has 0 spiro atoms. The van der Waals surface area contributed by atoms with Crippen LogP contribution in [0.1, 0.15) is 41.3 Å². The molecule has 0 radical (unpaired) electrons. The van der Waals surface area contributed by atoms with Gasteiger partial charge in [0.05, 0.1) is 6.61 Å². The first-order valence-corrected chi connectivity index (χ1v) is 8.88. The summed E-state index contributed by atoms with van der Waals surface area (Å²) in [6.07, 6.45) is 0. The maximum atomic E-state index is 11.7. The molecule has 0 unspecified atom stereocenters. The van der Waals surface area contributed by atoms with Crippen molar-refractivity contribution in [3.63, 3.8) is 0 Å². The highest BCUT2D eigenvalue weighted by atomic mass is 16.5. The van der Waals surface area contributed by atoms with E-state index in [9.17, 15) is 4.79 Å². The molecular formula is C21H26N2O2. The highest BCUT2D eigenvalue weighted by Gasteiger charge is 2.31. The molecule has 1 saturated heterocycles. The Morgan fingerprint density at radius 3 is 2.64 bits per heavy atom. The Kier molecular flexibility index (Phi) is 5.51. The van der Waals surface area contributed by atoms with Crippen molar-refractivity contribution in [3.8, 4) is 5.75 Å². The predicted octanol–water partition coefficient (Wildman–Crippen LogP) is 3.21. The van der Waals surface area contributed by atoms with Crippen LogP contribution >= 0.6 is 0 Å². The number of nitrogens with zero attached hydrogens (tertiary/aromatic N) is 1. The van der Waals surface area contributed by atoms with Crippen LogP contribution in [0, 0.1) is 0 Å².